The fourth-order valence-electron chi connectivity index (χ4n) is 9.22. The summed E-state index contributed by atoms with van der Waals surface area (Å²) in [5.41, 5.74) is 19.2. The molecule has 11 rings (SSSR count). The van der Waals surface area contributed by atoms with Crippen LogP contribution in [0.2, 0.25) is 0 Å². The van der Waals surface area contributed by atoms with E-state index >= 15 is 0 Å². The molecule has 1 aromatic heterocycles. The highest BCUT2D eigenvalue weighted by Crippen LogP contribution is 2.62. The van der Waals surface area contributed by atoms with Gasteiger partial charge in [-0.2, -0.15) is 0 Å². The summed E-state index contributed by atoms with van der Waals surface area (Å²) >= 11 is 0. The summed E-state index contributed by atoms with van der Waals surface area (Å²) < 4.78 is 0. The zero-order valence-electron chi connectivity index (χ0n) is 30.0. The van der Waals surface area contributed by atoms with Gasteiger partial charge in [-0.25, -0.2) is 9.97 Å². The molecule has 1 spiro atoms. The van der Waals surface area contributed by atoms with Crippen molar-refractivity contribution in [3.05, 3.63) is 229 Å². The second-order valence-electron chi connectivity index (χ2n) is 14.4. The van der Waals surface area contributed by atoms with Gasteiger partial charge in [0.15, 0.2) is 5.82 Å². The van der Waals surface area contributed by atoms with Crippen molar-refractivity contribution >= 4 is 0 Å². The Hall–Kier alpha value is -7.16. The van der Waals surface area contributed by atoms with E-state index in [1.807, 2.05) is 0 Å². The van der Waals surface area contributed by atoms with Crippen molar-refractivity contribution in [2.75, 3.05) is 0 Å². The van der Waals surface area contributed by atoms with Gasteiger partial charge in [-0.3, -0.25) is 0 Å². The van der Waals surface area contributed by atoms with Gasteiger partial charge in [0.25, 0.3) is 0 Å². The smallest absolute Gasteiger partial charge is 0.161 e. The van der Waals surface area contributed by atoms with Gasteiger partial charge in [0, 0.05) is 16.7 Å². The first-order valence-electron chi connectivity index (χ1n) is 18.9. The third-order valence-electron chi connectivity index (χ3n) is 11.6. The van der Waals surface area contributed by atoms with Gasteiger partial charge in [0.05, 0.1) is 16.8 Å². The van der Waals surface area contributed by atoms with Gasteiger partial charge in [-0.15, -0.1) is 0 Å². The molecule has 8 aromatic carbocycles. The number of rotatable bonds is 4. The van der Waals surface area contributed by atoms with Crippen LogP contribution >= 0.6 is 0 Å². The van der Waals surface area contributed by atoms with Crippen LogP contribution in [0, 0.1) is 0 Å². The molecular weight excluding hydrogens is 665 g/mol. The lowest BCUT2D eigenvalue weighted by molar-refractivity contribution is 0.775. The second-order valence-corrected chi connectivity index (χ2v) is 14.4. The molecule has 1 heterocycles. The number of benzene rings is 8. The third-order valence-corrected chi connectivity index (χ3v) is 11.6. The number of hydrogen-bond donors (Lipinski definition) is 0. The predicted molar refractivity (Wildman–Crippen MR) is 226 cm³/mol. The topological polar surface area (TPSA) is 25.8 Å². The summed E-state index contributed by atoms with van der Waals surface area (Å²) in [5.74, 6) is 0.714. The summed E-state index contributed by atoms with van der Waals surface area (Å²) in [4.78, 5) is 10.8. The molecule has 2 nitrogen and oxygen atoms in total. The Morgan fingerprint density at radius 1 is 0.273 bits per heavy atom. The second kappa shape index (κ2) is 12.5. The molecule has 0 bridgehead atoms. The maximum absolute atomic E-state index is 5.41. The number of nitrogens with zero attached hydrogens (tertiary/aromatic N) is 2. The summed E-state index contributed by atoms with van der Waals surface area (Å²) in [6.07, 6.45) is 0. The summed E-state index contributed by atoms with van der Waals surface area (Å²) in [6.45, 7) is 0. The fourth-order valence-corrected chi connectivity index (χ4v) is 9.22. The van der Waals surface area contributed by atoms with Crippen LogP contribution in [0.25, 0.3) is 78.4 Å². The lowest BCUT2D eigenvalue weighted by atomic mass is 9.66. The lowest BCUT2D eigenvalue weighted by Crippen LogP contribution is -2.29. The monoisotopic (exact) mass is 698 g/mol. The first kappa shape index (κ1) is 31.4. The Balaban J connectivity index is 1.19. The SMILES string of the molecule is c1ccc(-c2ccc(-c3cc(-c4ccccc4)nc(-c4cccc5c4-c4ccccc4C54c5ccccc5-c5ccccc5-c5ccccc54)n3)cc2)cc1. The van der Waals surface area contributed by atoms with Crippen molar-refractivity contribution < 1.29 is 0 Å². The highest BCUT2D eigenvalue weighted by molar-refractivity contribution is 6.00. The van der Waals surface area contributed by atoms with Crippen LogP contribution in [-0.4, -0.2) is 9.97 Å². The quantitative estimate of drug-likeness (QED) is 0.183. The molecule has 256 valence electrons. The zero-order chi connectivity index (χ0) is 36.3. The van der Waals surface area contributed by atoms with E-state index < -0.39 is 5.41 Å². The van der Waals surface area contributed by atoms with E-state index in [9.17, 15) is 0 Å². The Kier molecular flexibility index (Phi) is 7.11. The number of fused-ring (bicyclic) bond motifs is 12. The molecule has 2 aliphatic carbocycles. The van der Waals surface area contributed by atoms with Gasteiger partial charge >= 0.3 is 0 Å². The van der Waals surface area contributed by atoms with Crippen LogP contribution in [0.5, 0.6) is 0 Å². The Bertz CT molecular complexity index is 2840. The number of hydrogen-bond acceptors (Lipinski definition) is 2. The van der Waals surface area contributed by atoms with Crippen molar-refractivity contribution in [2.24, 2.45) is 0 Å². The lowest BCUT2D eigenvalue weighted by Gasteiger charge is -2.35. The minimum Gasteiger partial charge on any atom is -0.228 e. The van der Waals surface area contributed by atoms with E-state index in [0.717, 1.165) is 28.1 Å². The highest BCUT2D eigenvalue weighted by Gasteiger charge is 2.50. The van der Waals surface area contributed by atoms with E-state index in [4.69, 9.17) is 9.97 Å². The maximum Gasteiger partial charge on any atom is 0.161 e. The Morgan fingerprint density at radius 3 is 1.24 bits per heavy atom. The molecule has 0 radical (unpaired) electrons. The van der Waals surface area contributed by atoms with Crippen LogP contribution in [0.1, 0.15) is 22.3 Å². The molecule has 0 atom stereocenters. The standard InChI is InChI=1S/C53H34N2/c1-3-16-35(17-4-1)36-30-32-38(33-31-36)50-34-49(37-18-5-2-6-19-37)54-52(55-50)44-25-15-29-48-51(44)43-24-11-14-28-47(43)53(48)45-26-12-9-22-41(45)39-20-7-8-21-40(39)42-23-10-13-27-46(42)53/h1-34H. The maximum atomic E-state index is 5.41. The largest absolute Gasteiger partial charge is 0.228 e. The molecule has 0 amide bonds. The van der Waals surface area contributed by atoms with Crippen LogP contribution in [0.4, 0.5) is 0 Å². The van der Waals surface area contributed by atoms with Crippen molar-refractivity contribution in [1.82, 2.24) is 9.97 Å². The molecule has 0 fully saturated rings. The van der Waals surface area contributed by atoms with E-state index in [1.54, 1.807) is 0 Å². The molecule has 2 heteroatoms. The van der Waals surface area contributed by atoms with Crippen LogP contribution in [0.3, 0.4) is 0 Å². The minimum atomic E-state index is -0.568. The first-order valence-corrected chi connectivity index (χ1v) is 18.9. The molecule has 0 aliphatic heterocycles. The normalized spacial score (nSPS) is 12.9. The number of aromatic nitrogens is 2. The van der Waals surface area contributed by atoms with Gasteiger partial charge in [0.2, 0.25) is 0 Å². The molecule has 0 N–H and O–H groups in total. The molecule has 55 heavy (non-hydrogen) atoms. The van der Waals surface area contributed by atoms with E-state index in [-0.39, 0.29) is 0 Å². The highest BCUT2D eigenvalue weighted by atomic mass is 14.9. The van der Waals surface area contributed by atoms with Gasteiger partial charge in [0.1, 0.15) is 0 Å². The van der Waals surface area contributed by atoms with Crippen molar-refractivity contribution in [2.45, 2.75) is 5.41 Å². The zero-order valence-corrected chi connectivity index (χ0v) is 30.0. The molecule has 0 unspecified atom stereocenters. The van der Waals surface area contributed by atoms with Gasteiger partial charge in [-0.1, -0.05) is 200 Å². The van der Waals surface area contributed by atoms with Crippen molar-refractivity contribution in [1.29, 1.82) is 0 Å². The molecular formula is C53H34N2. The summed E-state index contributed by atoms with van der Waals surface area (Å²) in [6, 6.07) is 74.5. The first-order chi connectivity index (χ1) is 27.3. The van der Waals surface area contributed by atoms with Crippen LogP contribution < -0.4 is 0 Å². The summed E-state index contributed by atoms with van der Waals surface area (Å²) in [7, 11) is 0. The van der Waals surface area contributed by atoms with E-state index in [0.29, 0.717) is 5.82 Å². The molecule has 0 saturated heterocycles. The molecule has 9 aromatic rings. The average Bonchev–Trinajstić information content (AvgIpc) is 3.52. The fraction of sp³-hybridized carbons (Fsp3) is 0.0189. The van der Waals surface area contributed by atoms with Crippen molar-refractivity contribution in [3.63, 3.8) is 0 Å². The Labute approximate surface area is 321 Å². The van der Waals surface area contributed by atoms with E-state index in [1.165, 1.54) is 66.8 Å². The van der Waals surface area contributed by atoms with Crippen LogP contribution in [-0.2, 0) is 5.41 Å². The summed E-state index contributed by atoms with van der Waals surface area (Å²) in [5, 5.41) is 0. The molecule has 2 aliphatic rings. The van der Waals surface area contributed by atoms with Crippen LogP contribution in [0.15, 0.2) is 206 Å². The van der Waals surface area contributed by atoms with Gasteiger partial charge in [-0.05, 0) is 72.8 Å². The van der Waals surface area contributed by atoms with E-state index in [2.05, 4.69) is 206 Å². The van der Waals surface area contributed by atoms with Gasteiger partial charge < -0.3 is 0 Å². The Morgan fingerprint density at radius 2 is 0.655 bits per heavy atom. The van der Waals surface area contributed by atoms with Crippen molar-refractivity contribution in [3.8, 4) is 78.4 Å². The predicted octanol–water partition coefficient (Wildman–Crippen LogP) is 13.2. The third kappa shape index (κ3) is 4.75. The average molecular weight is 699 g/mol. The molecule has 0 saturated carbocycles. The minimum absolute atomic E-state index is 0.568.